The van der Waals surface area contributed by atoms with Gasteiger partial charge in [-0.2, -0.15) is 0 Å². The van der Waals surface area contributed by atoms with Crippen LogP contribution in [0.25, 0.3) is 0 Å². The van der Waals surface area contributed by atoms with Crippen LogP contribution in [0.1, 0.15) is 43.0 Å². The van der Waals surface area contributed by atoms with E-state index in [2.05, 4.69) is 60.7 Å². The number of guanidine groups is 1. The van der Waals surface area contributed by atoms with Crippen molar-refractivity contribution in [3.8, 4) is 0 Å². The van der Waals surface area contributed by atoms with Gasteiger partial charge in [0.15, 0.2) is 5.96 Å². The third-order valence-corrected chi connectivity index (χ3v) is 4.49. The van der Waals surface area contributed by atoms with E-state index in [0.29, 0.717) is 24.3 Å². The van der Waals surface area contributed by atoms with E-state index < -0.39 is 0 Å². The average Bonchev–Trinajstić information content (AvgIpc) is 2.99. The maximum Gasteiger partial charge on any atom is 0.193 e. The second kappa shape index (κ2) is 9.15. The van der Waals surface area contributed by atoms with Crippen molar-refractivity contribution in [3.05, 3.63) is 52.2 Å². The quantitative estimate of drug-likeness (QED) is 0.399. The monoisotopic (exact) mass is 429 g/mol. The van der Waals surface area contributed by atoms with Gasteiger partial charge in [0, 0.05) is 16.5 Å². The lowest BCUT2D eigenvalue weighted by Gasteiger charge is -2.11. The molecule has 0 radical (unpaired) electrons. The maximum atomic E-state index is 5.98. The molecule has 0 saturated heterocycles. The summed E-state index contributed by atoms with van der Waals surface area (Å²) in [7, 11) is 0. The molecule has 1 unspecified atom stereocenters. The lowest BCUT2D eigenvalue weighted by atomic mass is 10.0. The second-order valence-corrected chi connectivity index (χ2v) is 6.53. The summed E-state index contributed by atoms with van der Waals surface area (Å²) in [6.45, 7) is 7.23. The second-order valence-electron chi connectivity index (χ2n) is 5.55. The average molecular weight is 429 g/mol. The van der Waals surface area contributed by atoms with Crippen molar-refractivity contribution in [1.82, 2.24) is 0 Å². The Morgan fingerprint density at radius 2 is 2.00 bits per heavy atom. The number of anilines is 1. The molecule has 3 N–H and O–H groups in total. The molecule has 1 heterocycles. The van der Waals surface area contributed by atoms with E-state index in [-0.39, 0.29) is 24.0 Å². The number of aliphatic imine (C=N–C) groups is 1. The summed E-state index contributed by atoms with van der Waals surface area (Å²) in [5.74, 6) is 1.37. The van der Waals surface area contributed by atoms with Crippen LogP contribution in [-0.4, -0.2) is 12.5 Å². The zero-order valence-corrected chi connectivity index (χ0v) is 16.4. The highest BCUT2D eigenvalue weighted by Crippen LogP contribution is 2.21. The molecule has 0 amide bonds. The molecule has 0 aliphatic rings. The molecule has 5 heteroatoms. The lowest BCUT2D eigenvalue weighted by molar-refractivity contribution is 0.790. The molecule has 3 nitrogen and oxygen atoms in total. The molecule has 0 aliphatic heterocycles. The summed E-state index contributed by atoms with van der Waals surface area (Å²) in [4.78, 5) is 5.78. The summed E-state index contributed by atoms with van der Waals surface area (Å²) < 4.78 is 0. The van der Waals surface area contributed by atoms with Crippen LogP contribution < -0.4 is 11.1 Å². The number of nitrogens with one attached hydrogen (secondary N) is 1. The topological polar surface area (TPSA) is 50.4 Å². The van der Waals surface area contributed by atoms with Crippen molar-refractivity contribution in [2.45, 2.75) is 32.6 Å². The third-order valence-electron chi connectivity index (χ3n) is 3.39. The van der Waals surface area contributed by atoms with E-state index in [4.69, 9.17) is 5.73 Å². The normalized spacial score (nSPS) is 12.8. The van der Waals surface area contributed by atoms with Crippen molar-refractivity contribution < 1.29 is 0 Å². The van der Waals surface area contributed by atoms with Crippen LogP contribution in [-0.2, 0) is 0 Å². The number of hydrogen-bond acceptors (Lipinski definition) is 2. The highest BCUT2D eigenvalue weighted by atomic mass is 127. The van der Waals surface area contributed by atoms with Crippen molar-refractivity contribution in [2.24, 2.45) is 10.7 Å². The molecule has 0 aliphatic carbocycles. The Balaban J connectivity index is 0.00000242. The fourth-order valence-corrected chi connectivity index (χ4v) is 2.84. The SMILES string of the molecule is CC(C)c1cccc(NC(N)=NCC(C)c2cccs2)c1.I. The van der Waals surface area contributed by atoms with Crippen molar-refractivity contribution in [3.63, 3.8) is 0 Å². The van der Waals surface area contributed by atoms with Crippen molar-refractivity contribution in [2.75, 3.05) is 11.9 Å². The molecule has 1 atom stereocenters. The Bertz CT molecular complexity index is 594. The van der Waals surface area contributed by atoms with Gasteiger partial charge >= 0.3 is 0 Å². The number of rotatable bonds is 5. The van der Waals surface area contributed by atoms with E-state index in [1.165, 1.54) is 10.4 Å². The Kier molecular flexibility index (Phi) is 7.89. The first-order valence-corrected chi connectivity index (χ1v) is 8.14. The van der Waals surface area contributed by atoms with Gasteiger partial charge in [-0.15, -0.1) is 35.3 Å². The van der Waals surface area contributed by atoms with Crippen LogP contribution in [0.4, 0.5) is 5.69 Å². The van der Waals surface area contributed by atoms with Crippen molar-refractivity contribution in [1.29, 1.82) is 0 Å². The van der Waals surface area contributed by atoms with E-state index in [1.807, 2.05) is 12.1 Å². The molecular weight excluding hydrogens is 405 g/mol. The first kappa shape index (κ1) is 19.0. The first-order chi connectivity index (χ1) is 10.1. The number of thiophene rings is 1. The number of benzene rings is 1. The van der Waals surface area contributed by atoms with Gasteiger partial charge in [-0.1, -0.05) is 39.0 Å². The largest absolute Gasteiger partial charge is 0.370 e. The summed E-state index contributed by atoms with van der Waals surface area (Å²) in [5.41, 5.74) is 8.26. The lowest BCUT2D eigenvalue weighted by Crippen LogP contribution is -2.23. The smallest absolute Gasteiger partial charge is 0.193 e. The van der Waals surface area contributed by atoms with Gasteiger partial charge in [-0.25, -0.2) is 0 Å². The van der Waals surface area contributed by atoms with Gasteiger partial charge in [0.1, 0.15) is 0 Å². The molecule has 2 aromatic rings. The molecular formula is C17H24IN3S. The molecule has 1 aromatic heterocycles. The summed E-state index contributed by atoms with van der Waals surface area (Å²) in [5, 5.41) is 5.26. The van der Waals surface area contributed by atoms with Gasteiger partial charge in [-0.05, 0) is 35.1 Å². The fraction of sp³-hybridized carbons (Fsp3) is 0.353. The number of hydrogen-bond donors (Lipinski definition) is 2. The molecule has 22 heavy (non-hydrogen) atoms. The van der Waals surface area contributed by atoms with Gasteiger partial charge in [0.05, 0.1) is 6.54 Å². The minimum atomic E-state index is 0. The van der Waals surface area contributed by atoms with Crippen LogP contribution in [0.2, 0.25) is 0 Å². The van der Waals surface area contributed by atoms with Crippen molar-refractivity contribution >= 4 is 47.0 Å². The summed E-state index contributed by atoms with van der Waals surface area (Å²) in [6.07, 6.45) is 0. The molecule has 0 spiro atoms. The van der Waals surface area contributed by atoms with Gasteiger partial charge in [-0.3, -0.25) is 4.99 Å². The first-order valence-electron chi connectivity index (χ1n) is 7.26. The molecule has 2 rings (SSSR count). The minimum absolute atomic E-state index is 0. The minimum Gasteiger partial charge on any atom is -0.370 e. The zero-order valence-electron chi connectivity index (χ0n) is 13.2. The number of halogens is 1. The van der Waals surface area contributed by atoms with Gasteiger partial charge in [0.25, 0.3) is 0 Å². The van der Waals surface area contributed by atoms with E-state index in [9.17, 15) is 0 Å². The van der Waals surface area contributed by atoms with Crippen LogP contribution in [0.5, 0.6) is 0 Å². The van der Waals surface area contributed by atoms with Crippen LogP contribution >= 0.6 is 35.3 Å². The van der Waals surface area contributed by atoms with Crippen LogP contribution in [0.3, 0.4) is 0 Å². The highest BCUT2D eigenvalue weighted by Gasteiger charge is 2.06. The maximum absolute atomic E-state index is 5.98. The summed E-state index contributed by atoms with van der Waals surface area (Å²) >= 11 is 1.76. The fourth-order valence-electron chi connectivity index (χ4n) is 2.06. The van der Waals surface area contributed by atoms with E-state index in [0.717, 1.165) is 5.69 Å². The van der Waals surface area contributed by atoms with Gasteiger partial charge < -0.3 is 11.1 Å². The van der Waals surface area contributed by atoms with E-state index in [1.54, 1.807) is 11.3 Å². The highest BCUT2D eigenvalue weighted by molar-refractivity contribution is 14.0. The predicted octanol–water partition coefficient (Wildman–Crippen LogP) is 5.02. The molecule has 0 saturated carbocycles. The number of nitrogens with zero attached hydrogens (tertiary/aromatic N) is 1. The zero-order chi connectivity index (χ0) is 15.2. The Morgan fingerprint density at radius 1 is 1.23 bits per heavy atom. The molecule has 0 fully saturated rings. The third kappa shape index (κ3) is 5.61. The predicted molar refractivity (Wildman–Crippen MR) is 109 cm³/mol. The van der Waals surface area contributed by atoms with E-state index >= 15 is 0 Å². The molecule has 1 aromatic carbocycles. The van der Waals surface area contributed by atoms with Crippen LogP contribution in [0, 0.1) is 0 Å². The summed E-state index contributed by atoms with van der Waals surface area (Å²) in [6, 6.07) is 12.5. The Morgan fingerprint density at radius 3 is 2.64 bits per heavy atom. The van der Waals surface area contributed by atoms with Crippen LogP contribution in [0.15, 0.2) is 46.8 Å². The molecule has 0 bridgehead atoms. The standard InChI is InChI=1S/C17H23N3S.HI/c1-12(2)14-6-4-7-15(10-14)20-17(18)19-11-13(3)16-8-5-9-21-16;/h4-10,12-13H,11H2,1-3H3,(H3,18,19,20);1H. The van der Waals surface area contributed by atoms with Gasteiger partial charge in [0.2, 0.25) is 0 Å². The number of nitrogens with two attached hydrogens (primary N) is 1. The Labute approximate surface area is 154 Å². The Hall–Kier alpha value is -1.08. The molecule has 120 valence electrons.